The topological polar surface area (TPSA) is 91.4 Å². The molecule has 9 heteroatoms. The van der Waals surface area contributed by atoms with E-state index < -0.39 is 6.10 Å². The van der Waals surface area contributed by atoms with Gasteiger partial charge in [-0.15, -0.1) is 0 Å². The van der Waals surface area contributed by atoms with Crippen LogP contribution in [0.2, 0.25) is 0 Å². The van der Waals surface area contributed by atoms with E-state index in [1.54, 1.807) is 19.2 Å². The molecule has 2 aromatic carbocycles. The van der Waals surface area contributed by atoms with E-state index in [2.05, 4.69) is 10.1 Å². The number of methoxy groups -OCH3 is 1. The van der Waals surface area contributed by atoms with Crippen molar-refractivity contribution in [3.8, 4) is 11.4 Å². The number of benzene rings is 2. The summed E-state index contributed by atoms with van der Waals surface area (Å²) in [5.41, 5.74) is 1.57. The third-order valence-corrected chi connectivity index (χ3v) is 4.77. The molecule has 0 radical (unpaired) electrons. The molecule has 0 spiro atoms. The van der Waals surface area contributed by atoms with Gasteiger partial charge in [-0.25, -0.2) is 14.1 Å². The molecule has 0 aliphatic carbocycles. The first-order valence-corrected chi connectivity index (χ1v) is 9.63. The molecule has 2 aromatic heterocycles. The van der Waals surface area contributed by atoms with Crippen molar-refractivity contribution >= 4 is 11.0 Å². The zero-order valence-electron chi connectivity index (χ0n) is 16.8. The summed E-state index contributed by atoms with van der Waals surface area (Å²) in [6, 6.07) is 13.2. The van der Waals surface area contributed by atoms with Gasteiger partial charge in [-0.05, 0) is 42.0 Å². The number of aromatic nitrogens is 4. The highest BCUT2D eigenvalue weighted by Crippen LogP contribution is 2.14. The highest BCUT2D eigenvalue weighted by atomic mass is 19.1. The fourth-order valence-corrected chi connectivity index (χ4v) is 3.16. The maximum Gasteiger partial charge on any atom is 0.264 e. The van der Waals surface area contributed by atoms with E-state index in [9.17, 15) is 14.3 Å². The molecule has 0 fully saturated rings. The Morgan fingerprint density at radius 1 is 1.13 bits per heavy atom. The zero-order chi connectivity index (χ0) is 21.8. The van der Waals surface area contributed by atoms with E-state index >= 15 is 0 Å². The minimum absolute atomic E-state index is 0.0338. The second-order valence-electron chi connectivity index (χ2n) is 6.99. The molecule has 1 unspecified atom stereocenters. The fraction of sp³-hybridized carbons (Fsp3) is 0.227. The minimum atomic E-state index is -0.887. The van der Waals surface area contributed by atoms with Crippen LogP contribution in [0.1, 0.15) is 5.56 Å². The van der Waals surface area contributed by atoms with Crippen LogP contribution < -0.4 is 10.3 Å². The third kappa shape index (κ3) is 4.62. The van der Waals surface area contributed by atoms with Gasteiger partial charge in [-0.2, -0.15) is 5.10 Å². The van der Waals surface area contributed by atoms with Gasteiger partial charge < -0.3 is 14.6 Å². The number of aliphatic hydroxyl groups is 1. The predicted molar refractivity (Wildman–Crippen MR) is 112 cm³/mol. The van der Waals surface area contributed by atoms with Gasteiger partial charge in [-0.1, -0.05) is 12.1 Å². The average molecular weight is 424 g/mol. The lowest BCUT2D eigenvalue weighted by Gasteiger charge is -2.13. The van der Waals surface area contributed by atoms with Crippen molar-refractivity contribution in [2.45, 2.75) is 19.3 Å². The molecule has 0 amide bonds. The Hall–Kier alpha value is -3.56. The average Bonchev–Trinajstić information content (AvgIpc) is 3.21. The lowest BCUT2D eigenvalue weighted by Crippen LogP contribution is -2.29. The van der Waals surface area contributed by atoms with Crippen molar-refractivity contribution in [3.05, 3.63) is 82.8 Å². The highest BCUT2D eigenvalue weighted by molar-refractivity contribution is 5.74. The standard InChI is InChI=1S/C22H21FN4O4/c1-30-19-8-2-15(3-9-19)12-31-13-18(28)11-26-14-24-21-20(22(26)29)10-25-27(21)17-6-4-16(23)5-7-17/h2-10,14,18,28H,11-13H2,1H3. The molecule has 0 saturated heterocycles. The first-order chi connectivity index (χ1) is 15.0. The third-order valence-electron chi connectivity index (χ3n) is 4.77. The molecule has 0 bridgehead atoms. The Labute approximate surface area is 177 Å². The molecular weight excluding hydrogens is 403 g/mol. The Balaban J connectivity index is 1.41. The lowest BCUT2D eigenvalue weighted by atomic mass is 10.2. The molecule has 1 atom stereocenters. The molecule has 2 heterocycles. The Kier molecular flexibility index (Phi) is 6.06. The summed E-state index contributed by atoms with van der Waals surface area (Å²) in [6.45, 7) is 0.426. The summed E-state index contributed by atoms with van der Waals surface area (Å²) in [7, 11) is 1.60. The largest absolute Gasteiger partial charge is 0.497 e. The molecule has 31 heavy (non-hydrogen) atoms. The van der Waals surface area contributed by atoms with Crippen LogP contribution in [0.3, 0.4) is 0 Å². The summed E-state index contributed by atoms with van der Waals surface area (Å²) in [6.07, 6.45) is 1.89. The maximum absolute atomic E-state index is 13.2. The van der Waals surface area contributed by atoms with E-state index in [1.807, 2.05) is 24.3 Å². The Morgan fingerprint density at radius 2 is 1.87 bits per heavy atom. The molecule has 8 nitrogen and oxygen atoms in total. The SMILES string of the molecule is COc1ccc(COCC(O)Cn2cnc3c(cnn3-c3ccc(F)cc3)c2=O)cc1. The van der Waals surface area contributed by atoms with Gasteiger partial charge in [0.05, 0.1) is 44.9 Å². The smallest absolute Gasteiger partial charge is 0.264 e. The first kappa shape index (κ1) is 20.7. The van der Waals surface area contributed by atoms with E-state index in [1.165, 1.54) is 33.9 Å². The van der Waals surface area contributed by atoms with E-state index in [0.717, 1.165) is 11.3 Å². The maximum atomic E-state index is 13.2. The minimum Gasteiger partial charge on any atom is -0.497 e. The van der Waals surface area contributed by atoms with Crippen molar-refractivity contribution in [1.29, 1.82) is 0 Å². The van der Waals surface area contributed by atoms with Crippen LogP contribution in [-0.2, 0) is 17.9 Å². The summed E-state index contributed by atoms with van der Waals surface area (Å²) in [5, 5.41) is 14.8. The van der Waals surface area contributed by atoms with Gasteiger partial charge in [0.1, 0.15) is 23.3 Å². The molecule has 0 saturated carbocycles. The van der Waals surface area contributed by atoms with Crippen LogP contribution in [0.15, 0.2) is 65.8 Å². The number of aliphatic hydroxyl groups excluding tert-OH is 1. The zero-order valence-corrected chi connectivity index (χ0v) is 16.8. The molecule has 4 rings (SSSR count). The molecule has 1 N–H and O–H groups in total. The number of nitrogens with zero attached hydrogens (tertiary/aromatic N) is 4. The lowest BCUT2D eigenvalue weighted by molar-refractivity contribution is 0.0198. The van der Waals surface area contributed by atoms with E-state index in [0.29, 0.717) is 23.3 Å². The van der Waals surface area contributed by atoms with Crippen LogP contribution in [0.5, 0.6) is 5.75 Å². The number of ether oxygens (including phenoxy) is 2. The van der Waals surface area contributed by atoms with Gasteiger partial charge in [0, 0.05) is 0 Å². The van der Waals surface area contributed by atoms with Crippen LogP contribution in [-0.4, -0.2) is 44.3 Å². The number of halogens is 1. The van der Waals surface area contributed by atoms with E-state index in [-0.39, 0.29) is 24.5 Å². The van der Waals surface area contributed by atoms with Crippen LogP contribution in [0.25, 0.3) is 16.7 Å². The second kappa shape index (κ2) is 9.07. The van der Waals surface area contributed by atoms with E-state index in [4.69, 9.17) is 9.47 Å². The van der Waals surface area contributed by atoms with Crippen LogP contribution in [0, 0.1) is 5.82 Å². The molecule has 4 aromatic rings. The second-order valence-corrected chi connectivity index (χ2v) is 6.99. The van der Waals surface area contributed by atoms with Gasteiger partial charge in [0.25, 0.3) is 5.56 Å². The summed E-state index contributed by atoms with van der Waals surface area (Å²) >= 11 is 0. The van der Waals surface area contributed by atoms with Crippen molar-refractivity contribution in [2.24, 2.45) is 0 Å². The van der Waals surface area contributed by atoms with Gasteiger partial charge in [0.2, 0.25) is 0 Å². The first-order valence-electron chi connectivity index (χ1n) is 9.63. The van der Waals surface area contributed by atoms with Crippen molar-refractivity contribution in [3.63, 3.8) is 0 Å². The summed E-state index contributed by atoms with van der Waals surface area (Å²) in [5.74, 6) is 0.396. The van der Waals surface area contributed by atoms with Crippen molar-refractivity contribution < 1.29 is 19.0 Å². The number of fused-ring (bicyclic) bond motifs is 1. The van der Waals surface area contributed by atoms with Gasteiger partial charge in [-0.3, -0.25) is 9.36 Å². The van der Waals surface area contributed by atoms with Gasteiger partial charge in [0.15, 0.2) is 5.65 Å². The monoisotopic (exact) mass is 424 g/mol. The van der Waals surface area contributed by atoms with Gasteiger partial charge >= 0.3 is 0 Å². The summed E-state index contributed by atoms with van der Waals surface area (Å²) in [4.78, 5) is 17.1. The van der Waals surface area contributed by atoms with Crippen LogP contribution in [0.4, 0.5) is 4.39 Å². The Bertz CT molecular complexity index is 1220. The van der Waals surface area contributed by atoms with Crippen LogP contribution >= 0.6 is 0 Å². The molecule has 0 aliphatic heterocycles. The summed E-state index contributed by atoms with van der Waals surface area (Å²) < 4.78 is 26.6. The molecular formula is C22H21FN4O4. The highest BCUT2D eigenvalue weighted by Gasteiger charge is 2.14. The Morgan fingerprint density at radius 3 is 2.58 bits per heavy atom. The number of hydrogen-bond acceptors (Lipinski definition) is 6. The predicted octanol–water partition coefficient (Wildman–Crippen LogP) is 2.31. The fourth-order valence-electron chi connectivity index (χ4n) is 3.16. The number of hydrogen-bond donors (Lipinski definition) is 1. The number of rotatable bonds is 8. The molecule has 0 aliphatic rings. The van der Waals surface area contributed by atoms with Crippen molar-refractivity contribution in [1.82, 2.24) is 19.3 Å². The molecule has 160 valence electrons. The normalized spacial score (nSPS) is 12.2. The van der Waals surface area contributed by atoms with Crippen molar-refractivity contribution in [2.75, 3.05) is 13.7 Å². The quantitative estimate of drug-likeness (QED) is 0.467.